The fourth-order valence-corrected chi connectivity index (χ4v) is 1.79. The van der Waals surface area contributed by atoms with Crippen molar-refractivity contribution in [2.24, 2.45) is 0 Å². The van der Waals surface area contributed by atoms with Crippen molar-refractivity contribution in [1.82, 2.24) is 15.5 Å². The largest absolute Gasteiger partial charge is 0.334 e. The third-order valence-corrected chi connectivity index (χ3v) is 2.79. The van der Waals surface area contributed by atoms with Gasteiger partial charge in [0.15, 0.2) is 0 Å². The molecule has 0 aromatic heterocycles. The first kappa shape index (κ1) is 11.9. The lowest BCUT2D eigenvalue weighted by molar-refractivity contribution is 0.189. The minimum Gasteiger partial charge on any atom is -0.334 e. The van der Waals surface area contributed by atoms with Crippen molar-refractivity contribution in [2.75, 3.05) is 26.2 Å². The number of nitrogens with zero attached hydrogens (tertiary/aromatic N) is 1. The third kappa shape index (κ3) is 3.17. The number of hydrogen-bond acceptors (Lipinski definition) is 2. The fraction of sp³-hybridized carbons (Fsp3) is 0.417. The maximum atomic E-state index is 13.3. The van der Waals surface area contributed by atoms with Crippen LogP contribution in [0.2, 0.25) is 0 Å². The van der Waals surface area contributed by atoms with Crippen molar-refractivity contribution in [3.63, 3.8) is 0 Å². The van der Waals surface area contributed by atoms with E-state index >= 15 is 0 Å². The highest BCUT2D eigenvalue weighted by Crippen LogP contribution is 2.05. The molecule has 4 nitrogen and oxygen atoms in total. The Morgan fingerprint density at radius 2 is 2.06 bits per heavy atom. The molecule has 1 heterocycles. The van der Waals surface area contributed by atoms with Crippen LogP contribution >= 0.6 is 0 Å². The van der Waals surface area contributed by atoms with Crippen LogP contribution in [0.3, 0.4) is 0 Å². The first-order valence-corrected chi connectivity index (χ1v) is 5.74. The second-order valence-electron chi connectivity index (χ2n) is 3.99. The molecule has 2 rings (SSSR count). The summed E-state index contributed by atoms with van der Waals surface area (Å²) in [7, 11) is 0. The molecule has 0 spiro atoms. The van der Waals surface area contributed by atoms with Crippen LogP contribution < -0.4 is 10.6 Å². The van der Waals surface area contributed by atoms with Crippen molar-refractivity contribution >= 4 is 6.03 Å². The number of rotatable bonds is 2. The standard InChI is InChI=1S/C12H16FN3O/c13-11-4-2-1-3-10(11)9-15-12(17)16-7-5-14-6-8-16/h1-4,14H,5-9H2,(H,15,17). The lowest BCUT2D eigenvalue weighted by Gasteiger charge is -2.27. The van der Waals surface area contributed by atoms with E-state index in [0.717, 1.165) is 13.1 Å². The molecule has 1 aromatic carbocycles. The van der Waals surface area contributed by atoms with E-state index in [1.54, 1.807) is 23.1 Å². The molecule has 1 aromatic rings. The SMILES string of the molecule is O=C(NCc1ccccc1F)N1CCNCC1. The molecule has 0 unspecified atom stereocenters. The van der Waals surface area contributed by atoms with Crippen LogP contribution in [0.1, 0.15) is 5.56 Å². The van der Waals surface area contributed by atoms with E-state index in [2.05, 4.69) is 10.6 Å². The number of carbonyl (C=O) groups is 1. The number of piperazine rings is 1. The quantitative estimate of drug-likeness (QED) is 0.804. The van der Waals surface area contributed by atoms with Crippen molar-refractivity contribution in [3.05, 3.63) is 35.6 Å². The van der Waals surface area contributed by atoms with Gasteiger partial charge in [0.05, 0.1) is 0 Å². The van der Waals surface area contributed by atoms with Crippen LogP contribution in [0.5, 0.6) is 0 Å². The van der Waals surface area contributed by atoms with Crippen LogP contribution in [0, 0.1) is 5.82 Å². The van der Waals surface area contributed by atoms with Gasteiger partial charge in [-0.2, -0.15) is 0 Å². The Kier molecular flexibility index (Phi) is 3.93. The van der Waals surface area contributed by atoms with Crippen LogP contribution in [0.15, 0.2) is 24.3 Å². The van der Waals surface area contributed by atoms with Crippen LogP contribution in [-0.4, -0.2) is 37.1 Å². The van der Waals surface area contributed by atoms with Crippen LogP contribution in [0.25, 0.3) is 0 Å². The second kappa shape index (κ2) is 5.63. The minimum absolute atomic E-state index is 0.130. The van der Waals surface area contributed by atoms with E-state index < -0.39 is 0 Å². The lowest BCUT2D eigenvalue weighted by Crippen LogP contribution is -2.50. The van der Waals surface area contributed by atoms with Gasteiger partial charge in [0.25, 0.3) is 0 Å². The zero-order valence-electron chi connectivity index (χ0n) is 9.58. The van der Waals surface area contributed by atoms with Gasteiger partial charge in [-0.3, -0.25) is 0 Å². The van der Waals surface area contributed by atoms with Crippen LogP contribution in [0.4, 0.5) is 9.18 Å². The molecule has 0 atom stereocenters. The molecule has 1 saturated heterocycles. The summed E-state index contributed by atoms with van der Waals surface area (Å²) < 4.78 is 13.3. The van der Waals surface area contributed by atoms with Crippen LogP contribution in [-0.2, 0) is 6.54 Å². The zero-order chi connectivity index (χ0) is 12.1. The predicted octanol–water partition coefficient (Wildman–Crippen LogP) is 0.940. The Labute approximate surface area is 99.8 Å². The van der Waals surface area contributed by atoms with Gasteiger partial charge in [-0.25, -0.2) is 9.18 Å². The van der Waals surface area contributed by atoms with E-state index in [1.807, 2.05) is 0 Å². The molecule has 2 N–H and O–H groups in total. The molecular formula is C12H16FN3O. The second-order valence-corrected chi connectivity index (χ2v) is 3.99. The molecule has 1 fully saturated rings. The van der Waals surface area contributed by atoms with Gasteiger partial charge >= 0.3 is 6.03 Å². The van der Waals surface area contributed by atoms with Crippen molar-refractivity contribution in [2.45, 2.75) is 6.54 Å². The summed E-state index contributed by atoms with van der Waals surface area (Å²) >= 11 is 0. The first-order chi connectivity index (χ1) is 8.27. The topological polar surface area (TPSA) is 44.4 Å². The Balaban J connectivity index is 1.85. The zero-order valence-corrected chi connectivity index (χ0v) is 9.58. The number of carbonyl (C=O) groups excluding carboxylic acids is 1. The molecule has 1 aliphatic heterocycles. The van der Waals surface area contributed by atoms with E-state index in [0.29, 0.717) is 18.7 Å². The monoisotopic (exact) mass is 237 g/mol. The van der Waals surface area contributed by atoms with E-state index in [9.17, 15) is 9.18 Å². The van der Waals surface area contributed by atoms with Gasteiger partial charge in [0.1, 0.15) is 5.82 Å². The summed E-state index contributed by atoms with van der Waals surface area (Å²) in [5, 5.41) is 5.90. The summed E-state index contributed by atoms with van der Waals surface area (Å²) in [6, 6.07) is 6.33. The van der Waals surface area contributed by atoms with Gasteiger partial charge in [0, 0.05) is 38.3 Å². The normalized spacial score (nSPS) is 15.7. The molecule has 0 bridgehead atoms. The number of nitrogens with one attached hydrogen (secondary N) is 2. The maximum Gasteiger partial charge on any atom is 0.317 e. The molecule has 1 aliphatic rings. The first-order valence-electron chi connectivity index (χ1n) is 5.74. The molecule has 0 radical (unpaired) electrons. The number of halogens is 1. The Hall–Kier alpha value is -1.62. The van der Waals surface area contributed by atoms with Crippen molar-refractivity contribution in [1.29, 1.82) is 0 Å². The highest BCUT2D eigenvalue weighted by atomic mass is 19.1. The van der Waals surface area contributed by atoms with Crippen molar-refractivity contribution < 1.29 is 9.18 Å². The molecular weight excluding hydrogens is 221 g/mol. The molecule has 0 saturated carbocycles. The molecule has 17 heavy (non-hydrogen) atoms. The molecule has 5 heteroatoms. The Morgan fingerprint density at radius 3 is 2.76 bits per heavy atom. The Bertz CT molecular complexity index is 391. The summed E-state index contributed by atoms with van der Waals surface area (Å²) in [5.74, 6) is -0.284. The Morgan fingerprint density at radius 1 is 1.35 bits per heavy atom. The summed E-state index contributed by atoms with van der Waals surface area (Å²) in [4.78, 5) is 13.5. The number of amides is 2. The van der Waals surface area contributed by atoms with Crippen molar-refractivity contribution in [3.8, 4) is 0 Å². The van der Waals surface area contributed by atoms with Gasteiger partial charge < -0.3 is 15.5 Å². The lowest BCUT2D eigenvalue weighted by atomic mass is 10.2. The fourth-order valence-electron chi connectivity index (χ4n) is 1.79. The highest BCUT2D eigenvalue weighted by Gasteiger charge is 2.15. The summed E-state index contributed by atoms with van der Waals surface area (Å²) in [6.45, 7) is 3.25. The van der Waals surface area contributed by atoms with E-state index in [4.69, 9.17) is 0 Å². The van der Waals surface area contributed by atoms with Gasteiger partial charge in [-0.1, -0.05) is 18.2 Å². The van der Waals surface area contributed by atoms with E-state index in [1.165, 1.54) is 6.07 Å². The number of urea groups is 1. The average molecular weight is 237 g/mol. The van der Waals surface area contributed by atoms with Gasteiger partial charge in [-0.05, 0) is 6.07 Å². The predicted molar refractivity (Wildman–Crippen MR) is 63.1 cm³/mol. The molecule has 2 amide bonds. The minimum atomic E-state index is -0.284. The van der Waals surface area contributed by atoms with Gasteiger partial charge in [0.2, 0.25) is 0 Å². The highest BCUT2D eigenvalue weighted by molar-refractivity contribution is 5.74. The molecule has 92 valence electrons. The summed E-state index contributed by atoms with van der Waals surface area (Å²) in [5.41, 5.74) is 0.510. The smallest absolute Gasteiger partial charge is 0.317 e. The number of hydrogen-bond donors (Lipinski definition) is 2. The number of benzene rings is 1. The maximum absolute atomic E-state index is 13.3. The average Bonchev–Trinajstić information content (AvgIpc) is 2.38. The summed E-state index contributed by atoms with van der Waals surface area (Å²) in [6.07, 6.45) is 0. The third-order valence-electron chi connectivity index (χ3n) is 2.79. The van der Waals surface area contributed by atoms with E-state index in [-0.39, 0.29) is 18.4 Å². The molecule has 0 aliphatic carbocycles. The van der Waals surface area contributed by atoms with Gasteiger partial charge in [-0.15, -0.1) is 0 Å².